The molecular formula is C19H27N5. The van der Waals surface area contributed by atoms with Crippen LogP contribution in [0, 0.1) is 27.7 Å². The molecule has 0 spiro atoms. The van der Waals surface area contributed by atoms with Gasteiger partial charge in [0.2, 0.25) is 11.9 Å². The molecule has 128 valence electrons. The SMILES string of the molecule is Cc1cc(C)c(Nc2nc(C)nc(NC3CCCCC3)n2)c(C)c1. The van der Waals surface area contributed by atoms with Crippen LogP contribution in [0.3, 0.4) is 0 Å². The lowest BCUT2D eigenvalue weighted by molar-refractivity contribution is 0.460. The largest absolute Gasteiger partial charge is 0.351 e. The zero-order chi connectivity index (χ0) is 17.1. The van der Waals surface area contributed by atoms with Crippen LogP contribution in [0.4, 0.5) is 17.6 Å². The molecule has 1 aromatic carbocycles. The topological polar surface area (TPSA) is 62.7 Å². The summed E-state index contributed by atoms with van der Waals surface area (Å²) in [6.45, 7) is 8.24. The van der Waals surface area contributed by atoms with Crippen molar-refractivity contribution in [2.24, 2.45) is 0 Å². The number of anilines is 3. The maximum absolute atomic E-state index is 4.58. The van der Waals surface area contributed by atoms with E-state index in [2.05, 4.69) is 58.5 Å². The summed E-state index contributed by atoms with van der Waals surface area (Å²) in [6, 6.07) is 4.83. The number of nitrogens with one attached hydrogen (secondary N) is 2. The Morgan fingerprint density at radius 1 is 0.833 bits per heavy atom. The number of benzene rings is 1. The number of aryl methyl sites for hydroxylation is 4. The molecule has 0 amide bonds. The van der Waals surface area contributed by atoms with Crippen molar-refractivity contribution in [1.82, 2.24) is 15.0 Å². The fourth-order valence-corrected chi connectivity index (χ4v) is 3.52. The molecule has 0 atom stereocenters. The van der Waals surface area contributed by atoms with E-state index in [0.717, 1.165) is 11.5 Å². The van der Waals surface area contributed by atoms with E-state index in [9.17, 15) is 0 Å². The van der Waals surface area contributed by atoms with Gasteiger partial charge < -0.3 is 10.6 Å². The highest BCUT2D eigenvalue weighted by Gasteiger charge is 2.15. The molecule has 1 aliphatic carbocycles. The van der Waals surface area contributed by atoms with Crippen molar-refractivity contribution in [3.05, 3.63) is 34.6 Å². The summed E-state index contributed by atoms with van der Waals surface area (Å²) in [5.74, 6) is 2.02. The van der Waals surface area contributed by atoms with Gasteiger partial charge in [0.1, 0.15) is 5.82 Å². The minimum atomic E-state index is 0.483. The number of nitrogens with zero attached hydrogens (tertiary/aromatic N) is 3. The minimum absolute atomic E-state index is 0.483. The molecule has 0 saturated heterocycles. The van der Waals surface area contributed by atoms with Gasteiger partial charge in [-0.25, -0.2) is 0 Å². The van der Waals surface area contributed by atoms with E-state index in [4.69, 9.17) is 0 Å². The second kappa shape index (κ2) is 7.16. The molecule has 24 heavy (non-hydrogen) atoms. The Bertz CT molecular complexity index is 697. The summed E-state index contributed by atoms with van der Waals surface area (Å²) in [5.41, 5.74) is 4.75. The zero-order valence-corrected chi connectivity index (χ0v) is 15.1. The number of hydrogen-bond donors (Lipinski definition) is 2. The van der Waals surface area contributed by atoms with Gasteiger partial charge in [-0.3, -0.25) is 0 Å². The molecule has 0 unspecified atom stereocenters. The monoisotopic (exact) mass is 325 g/mol. The molecule has 5 heteroatoms. The van der Waals surface area contributed by atoms with Crippen LogP contribution in [0.5, 0.6) is 0 Å². The second-order valence-electron chi connectivity index (χ2n) is 6.91. The first-order chi connectivity index (χ1) is 11.5. The van der Waals surface area contributed by atoms with Gasteiger partial charge in [-0.05, 0) is 51.7 Å². The normalized spacial score (nSPS) is 15.3. The lowest BCUT2D eigenvalue weighted by Crippen LogP contribution is -2.24. The number of hydrogen-bond acceptors (Lipinski definition) is 5. The molecule has 1 fully saturated rings. The lowest BCUT2D eigenvalue weighted by atomic mass is 9.96. The maximum Gasteiger partial charge on any atom is 0.232 e. The predicted molar refractivity (Wildman–Crippen MR) is 99.0 cm³/mol. The van der Waals surface area contributed by atoms with Crippen LogP contribution in [0.2, 0.25) is 0 Å². The van der Waals surface area contributed by atoms with Gasteiger partial charge in [0.15, 0.2) is 0 Å². The summed E-state index contributed by atoms with van der Waals surface area (Å²) in [4.78, 5) is 13.5. The van der Waals surface area contributed by atoms with Crippen LogP contribution in [0.25, 0.3) is 0 Å². The maximum atomic E-state index is 4.58. The highest BCUT2D eigenvalue weighted by atomic mass is 15.2. The third-order valence-corrected chi connectivity index (χ3v) is 4.60. The predicted octanol–water partition coefficient (Wildman–Crippen LogP) is 4.59. The van der Waals surface area contributed by atoms with Crippen molar-refractivity contribution >= 4 is 17.6 Å². The van der Waals surface area contributed by atoms with Crippen LogP contribution < -0.4 is 10.6 Å². The number of rotatable bonds is 4. The van der Waals surface area contributed by atoms with E-state index in [-0.39, 0.29) is 0 Å². The van der Waals surface area contributed by atoms with Gasteiger partial charge in [-0.1, -0.05) is 37.0 Å². The summed E-state index contributed by atoms with van der Waals surface area (Å²) < 4.78 is 0. The summed E-state index contributed by atoms with van der Waals surface area (Å²) in [5, 5.41) is 6.87. The third-order valence-electron chi connectivity index (χ3n) is 4.60. The Morgan fingerprint density at radius 2 is 1.46 bits per heavy atom. The van der Waals surface area contributed by atoms with Gasteiger partial charge >= 0.3 is 0 Å². The molecule has 2 N–H and O–H groups in total. The first kappa shape index (κ1) is 16.7. The molecule has 3 rings (SSSR count). The van der Waals surface area contributed by atoms with E-state index in [1.807, 2.05) is 6.92 Å². The molecule has 1 saturated carbocycles. The molecule has 1 aliphatic rings. The molecular weight excluding hydrogens is 298 g/mol. The third kappa shape index (κ3) is 4.02. The quantitative estimate of drug-likeness (QED) is 0.860. The van der Waals surface area contributed by atoms with E-state index < -0.39 is 0 Å². The average molecular weight is 325 g/mol. The van der Waals surface area contributed by atoms with Crippen LogP contribution in [0.15, 0.2) is 12.1 Å². The molecule has 0 bridgehead atoms. The van der Waals surface area contributed by atoms with Crippen LogP contribution in [-0.4, -0.2) is 21.0 Å². The van der Waals surface area contributed by atoms with Crippen molar-refractivity contribution in [3.8, 4) is 0 Å². The Balaban J connectivity index is 1.81. The Morgan fingerprint density at radius 3 is 2.12 bits per heavy atom. The highest BCUT2D eigenvalue weighted by Crippen LogP contribution is 2.25. The average Bonchev–Trinajstić information content (AvgIpc) is 2.51. The highest BCUT2D eigenvalue weighted by molar-refractivity contribution is 5.64. The van der Waals surface area contributed by atoms with Crippen molar-refractivity contribution in [2.45, 2.75) is 65.8 Å². The van der Waals surface area contributed by atoms with Crippen molar-refractivity contribution in [3.63, 3.8) is 0 Å². The Kier molecular flexibility index (Phi) is 4.97. The fourth-order valence-electron chi connectivity index (χ4n) is 3.52. The van der Waals surface area contributed by atoms with Crippen molar-refractivity contribution < 1.29 is 0 Å². The van der Waals surface area contributed by atoms with Crippen LogP contribution >= 0.6 is 0 Å². The Hall–Kier alpha value is -2.17. The summed E-state index contributed by atoms with van der Waals surface area (Å²) in [7, 11) is 0. The van der Waals surface area contributed by atoms with Gasteiger partial charge in [0, 0.05) is 11.7 Å². The lowest BCUT2D eigenvalue weighted by Gasteiger charge is -2.23. The molecule has 2 aromatic rings. The number of aromatic nitrogens is 3. The van der Waals surface area contributed by atoms with Crippen LogP contribution in [-0.2, 0) is 0 Å². The second-order valence-corrected chi connectivity index (χ2v) is 6.91. The Labute approximate surface area is 144 Å². The molecule has 1 heterocycles. The van der Waals surface area contributed by atoms with Gasteiger partial charge in [0.05, 0.1) is 0 Å². The first-order valence-corrected chi connectivity index (χ1v) is 8.85. The van der Waals surface area contributed by atoms with E-state index in [0.29, 0.717) is 17.9 Å². The smallest absolute Gasteiger partial charge is 0.232 e. The van der Waals surface area contributed by atoms with Crippen LogP contribution in [0.1, 0.15) is 54.6 Å². The van der Waals surface area contributed by atoms with Gasteiger partial charge in [-0.2, -0.15) is 15.0 Å². The van der Waals surface area contributed by atoms with Gasteiger partial charge in [-0.15, -0.1) is 0 Å². The minimum Gasteiger partial charge on any atom is -0.351 e. The van der Waals surface area contributed by atoms with Crippen molar-refractivity contribution in [2.75, 3.05) is 10.6 Å². The van der Waals surface area contributed by atoms with E-state index >= 15 is 0 Å². The molecule has 1 aromatic heterocycles. The fraction of sp³-hybridized carbons (Fsp3) is 0.526. The zero-order valence-electron chi connectivity index (χ0n) is 15.1. The first-order valence-electron chi connectivity index (χ1n) is 8.85. The standard InChI is InChI=1S/C19H27N5/c1-12-10-13(2)17(14(3)11-12)23-19-21-15(4)20-18(24-19)22-16-8-6-5-7-9-16/h10-11,16H,5-9H2,1-4H3,(H2,20,21,22,23,24). The van der Waals surface area contributed by atoms with E-state index in [1.54, 1.807) is 0 Å². The summed E-state index contributed by atoms with van der Waals surface area (Å²) in [6.07, 6.45) is 6.31. The van der Waals surface area contributed by atoms with E-state index in [1.165, 1.54) is 48.8 Å². The molecule has 5 nitrogen and oxygen atoms in total. The molecule has 0 radical (unpaired) electrons. The molecule has 0 aliphatic heterocycles. The van der Waals surface area contributed by atoms with Gasteiger partial charge in [0.25, 0.3) is 0 Å². The van der Waals surface area contributed by atoms with Crippen molar-refractivity contribution in [1.29, 1.82) is 0 Å². The summed E-state index contributed by atoms with van der Waals surface area (Å²) >= 11 is 0.